The molecule has 20 heteroatoms. The Labute approximate surface area is 473 Å². The van der Waals surface area contributed by atoms with Gasteiger partial charge in [-0.05, 0) is 104 Å². The number of hydrogen-bond acceptors (Lipinski definition) is 17. The van der Waals surface area contributed by atoms with Gasteiger partial charge in [0.1, 0.15) is 48.2 Å². The maximum absolute atomic E-state index is 14.4. The molecule has 5 N–H and O–H groups in total. The van der Waals surface area contributed by atoms with Crippen molar-refractivity contribution in [3.8, 4) is 33.5 Å². The van der Waals surface area contributed by atoms with Crippen molar-refractivity contribution in [1.29, 1.82) is 0 Å². The van der Waals surface area contributed by atoms with Crippen LogP contribution in [0.4, 0.5) is 10.6 Å². The highest BCUT2D eigenvalue weighted by atomic mass is 32.1. The Morgan fingerprint density at radius 2 is 1.80 bits per heavy atom. The molecular formula is C61H69N11O8S. The van der Waals surface area contributed by atoms with E-state index < -0.39 is 24.2 Å². The van der Waals surface area contributed by atoms with E-state index in [9.17, 15) is 24.6 Å². The zero-order valence-corrected chi connectivity index (χ0v) is 47.2. The van der Waals surface area contributed by atoms with Crippen molar-refractivity contribution in [3.63, 3.8) is 0 Å². The lowest BCUT2D eigenvalue weighted by atomic mass is 9.79. The molecule has 422 valence electrons. The summed E-state index contributed by atoms with van der Waals surface area (Å²) in [7, 11) is 0. The van der Waals surface area contributed by atoms with Crippen LogP contribution < -0.4 is 25.6 Å². The number of ether oxygens (including phenoxy) is 2. The summed E-state index contributed by atoms with van der Waals surface area (Å²) in [5.74, 6) is -0.412. The number of carbonyl (C=O) groups is 3. The predicted molar refractivity (Wildman–Crippen MR) is 306 cm³/mol. The highest BCUT2D eigenvalue weighted by Gasteiger charge is 2.51. The number of nitrogens with zero attached hydrogens (tertiary/aromatic N) is 8. The summed E-state index contributed by atoms with van der Waals surface area (Å²) in [6.45, 7) is 13.0. The number of fused-ring (bicyclic) bond motifs is 7. The number of amides is 3. The Bertz CT molecular complexity index is 3560. The van der Waals surface area contributed by atoms with Gasteiger partial charge in [0.15, 0.2) is 0 Å². The summed E-state index contributed by atoms with van der Waals surface area (Å²) in [4.78, 5) is 68.9. The van der Waals surface area contributed by atoms with Gasteiger partial charge in [-0.25, -0.2) is 9.78 Å². The molecule has 0 saturated carbocycles. The Morgan fingerprint density at radius 1 is 0.988 bits per heavy atom. The predicted octanol–water partition coefficient (Wildman–Crippen LogP) is 8.26. The topological polar surface area (TPSA) is 234 Å². The van der Waals surface area contributed by atoms with Crippen molar-refractivity contribution in [3.05, 3.63) is 106 Å². The van der Waals surface area contributed by atoms with E-state index in [0.717, 1.165) is 124 Å². The molecule has 3 unspecified atom stereocenters. The second-order valence-electron chi connectivity index (χ2n) is 23.7. The first kappa shape index (κ1) is 53.1. The first-order chi connectivity index (χ1) is 39.2. The molecule has 3 aromatic carbocycles. The summed E-state index contributed by atoms with van der Waals surface area (Å²) in [6.07, 6.45) is 6.43. The molecule has 2 bridgehead atoms. The number of piperazine rings is 1. The summed E-state index contributed by atoms with van der Waals surface area (Å²) < 4.78 is 18.5. The number of rotatable bonds is 15. The number of pyridine rings is 1. The number of phenols is 1. The fraction of sp³-hybridized carbons (Fsp3) is 0.475. The molecule has 5 fully saturated rings. The zero-order chi connectivity index (χ0) is 55.8. The maximum Gasteiger partial charge on any atom is 0.407 e. The molecule has 5 aliphatic heterocycles. The lowest BCUT2D eigenvalue weighted by Crippen LogP contribution is -2.51. The average molecular weight is 1120 g/mol. The number of hydrogen-bond donors (Lipinski definition) is 5. The van der Waals surface area contributed by atoms with Crippen molar-refractivity contribution in [2.45, 2.75) is 140 Å². The molecule has 4 aromatic heterocycles. The van der Waals surface area contributed by atoms with Gasteiger partial charge in [0.25, 0.3) is 0 Å². The molecule has 3 amide bonds. The quantitative estimate of drug-likeness (QED) is 0.0650. The van der Waals surface area contributed by atoms with E-state index in [0.29, 0.717) is 36.2 Å². The largest absolute Gasteiger partial charge is 0.508 e. The van der Waals surface area contributed by atoms with Gasteiger partial charge in [0.2, 0.25) is 11.8 Å². The number of aliphatic hydroxyl groups excluding tert-OH is 1. The number of aryl methyl sites for hydroxylation is 1. The molecule has 1 aliphatic carbocycles. The fourth-order valence-electron chi connectivity index (χ4n) is 14.2. The summed E-state index contributed by atoms with van der Waals surface area (Å²) in [6, 6.07) is 19.4. The molecule has 13 rings (SSSR count). The summed E-state index contributed by atoms with van der Waals surface area (Å²) >= 11 is 1.58. The van der Waals surface area contributed by atoms with Crippen LogP contribution in [0, 0.1) is 12.8 Å². The normalized spacial score (nSPS) is 24.6. The molecule has 19 nitrogen and oxygen atoms in total. The van der Waals surface area contributed by atoms with Gasteiger partial charge in [-0.3, -0.25) is 19.5 Å². The van der Waals surface area contributed by atoms with Crippen molar-refractivity contribution in [1.82, 2.24) is 50.8 Å². The minimum Gasteiger partial charge on any atom is -0.508 e. The number of aromatic hydroxyl groups is 1. The van der Waals surface area contributed by atoms with Gasteiger partial charge >= 0.3 is 12.1 Å². The van der Waals surface area contributed by atoms with E-state index in [-0.39, 0.29) is 73.1 Å². The first-order valence-corrected chi connectivity index (χ1v) is 29.6. The van der Waals surface area contributed by atoms with Crippen LogP contribution >= 0.6 is 11.3 Å². The number of nitrogens with one attached hydrogen (secondary N) is 3. The number of carbonyl (C=O) groups excluding carboxylic acids is 3. The zero-order valence-electron chi connectivity index (χ0n) is 46.4. The van der Waals surface area contributed by atoms with E-state index in [4.69, 9.17) is 28.9 Å². The number of β-amino-alcohol motifs (C(OH)–C–C–N with tert-alkyl or cyclic N) is 1. The van der Waals surface area contributed by atoms with Gasteiger partial charge in [-0.15, -0.1) is 11.3 Å². The molecule has 7 aromatic rings. The molecule has 0 radical (unpaired) electrons. The highest BCUT2D eigenvalue weighted by molar-refractivity contribution is 7.13. The SMILES string of the molecule is Cc1ncsc1-c1ccc([C@H](C)NC(=O)[C@@H]2C[C@@H](O)CN2C(=O)[C@@H](c2cc(CNC(=O)OC[C@H]3CC[C@@]4(COc5nc(N6CC7CCC(C6)N7)c6cnc7c(c6n5)C(C)c5cccc6cc(O)cc-7c56)CCCN34)no2)C(C)C)cc1. The molecule has 81 heavy (non-hydrogen) atoms. The third kappa shape index (κ3) is 9.80. The fourth-order valence-corrected chi connectivity index (χ4v) is 15.0. The van der Waals surface area contributed by atoms with E-state index in [1.54, 1.807) is 17.4 Å². The van der Waals surface area contributed by atoms with E-state index in [2.05, 4.69) is 48.9 Å². The molecule has 0 spiro atoms. The number of aliphatic hydroxyl groups is 1. The van der Waals surface area contributed by atoms with E-state index >= 15 is 0 Å². The second-order valence-corrected chi connectivity index (χ2v) is 24.6. The van der Waals surface area contributed by atoms with Gasteiger partial charge in [-0.1, -0.05) is 68.4 Å². The monoisotopic (exact) mass is 1120 g/mol. The maximum atomic E-state index is 14.4. The Kier molecular flexibility index (Phi) is 13.9. The van der Waals surface area contributed by atoms with Gasteiger partial charge in [-0.2, -0.15) is 9.97 Å². The standard InChI is InChI=1S/C61H69N11O8S/c1-32(2)50(58(76)71-28-44(74)23-48(71)57(75)65-34(4)36-10-12-37(13-11-36)55-35(5)64-31-81-55)49-21-41(69-80-49)24-63-60(77)78-29-42-16-18-61(17-7-19-72(42)61)30-79-59-67-54-47(56(68-59)70-26-39-14-15-40(27-70)66-39)25-62-53-46-22-43(73)20-38-8-6-9-45(52(38)46)33(3)51(53)54/h6,8-13,20-22,25,31-34,39-40,42,44,48,50,66,73-74H,7,14-19,23-24,26-30H2,1-5H3,(H,63,77)(H,65,75)/t33?,34-,39?,40?,42+,44+,48-,50+,61+/m0/s1. The van der Waals surface area contributed by atoms with Crippen LogP contribution in [0.15, 0.2) is 76.9 Å². The Hall–Kier alpha value is -7.26. The summed E-state index contributed by atoms with van der Waals surface area (Å²) in [5.41, 5.74) is 9.58. The average Bonchev–Trinajstić information content (AvgIpc) is 4.52. The van der Waals surface area contributed by atoms with Crippen LogP contribution in [0.1, 0.15) is 124 Å². The number of phenolic OH excluding ortho intramolecular Hbond substituents is 1. The number of benzene rings is 3. The number of likely N-dealkylation sites (tertiary alicyclic amines) is 1. The van der Waals surface area contributed by atoms with Crippen LogP contribution in [0.5, 0.6) is 11.8 Å². The molecule has 9 heterocycles. The first-order valence-electron chi connectivity index (χ1n) is 28.7. The lowest BCUT2D eigenvalue weighted by Gasteiger charge is -2.36. The smallest absolute Gasteiger partial charge is 0.407 e. The molecule has 6 aliphatic rings. The van der Waals surface area contributed by atoms with Crippen LogP contribution in [0.3, 0.4) is 0 Å². The van der Waals surface area contributed by atoms with Crippen LogP contribution in [0.2, 0.25) is 0 Å². The van der Waals surface area contributed by atoms with Crippen LogP contribution in [-0.4, -0.2) is 138 Å². The third-order valence-corrected chi connectivity index (χ3v) is 19.2. The van der Waals surface area contributed by atoms with Crippen molar-refractivity contribution >= 4 is 56.7 Å². The molecule has 5 saturated heterocycles. The minimum absolute atomic E-state index is 0.00929. The van der Waals surface area contributed by atoms with Crippen molar-refractivity contribution in [2.75, 3.05) is 44.3 Å². The lowest BCUT2D eigenvalue weighted by molar-refractivity contribution is -0.141. The number of alkyl carbamates (subject to hydrolysis) is 1. The minimum atomic E-state index is -0.877. The van der Waals surface area contributed by atoms with Crippen molar-refractivity contribution in [2.24, 2.45) is 5.92 Å². The number of aromatic nitrogens is 5. The summed E-state index contributed by atoms with van der Waals surface area (Å²) in [5, 5.41) is 38.5. The van der Waals surface area contributed by atoms with Gasteiger partial charge in [0.05, 0.1) is 56.9 Å². The van der Waals surface area contributed by atoms with E-state index in [1.165, 1.54) is 10.5 Å². The van der Waals surface area contributed by atoms with E-state index in [1.807, 2.05) is 87.9 Å². The van der Waals surface area contributed by atoms with Crippen LogP contribution in [-0.2, 0) is 20.9 Å². The number of thiazole rings is 1. The molecule has 9 atom stereocenters. The Morgan fingerprint density at radius 3 is 2.58 bits per heavy atom. The van der Waals surface area contributed by atoms with Gasteiger partial charge < -0.3 is 50.0 Å². The van der Waals surface area contributed by atoms with Crippen LogP contribution in [0.25, 0.3) is 43.4 Å². The Balaban J connectivity index is 0.648. The third-order valence-electron chi connectivity index (χ3n) is 18.2. The molecular weight excluding hydrogens is 1050 g/mol. The number of anilines is 1. The van der Waals surface area contributed by atoms with Crippen molar-refractivity contribution < 1.29 is 38.6 Å². The second kappa shape index (κ2) is 21.2. The highest BCUT2D eigenvalue weighted by Crippen LogP contribution is 2.49. The van der Waals surface area contributed by atoms with Gasteiger partial charge in [0, 0.05) is 73.5 Å².